The van der Waals surface area contributed by atoms with E-state index in [1.165, 1.54) is 36.5 Å². The third kappa shape index (κ3) is 12.1. The second kappa shape index (κ2) is 12.3. The zero-order chi connectivity index (χ0) is 11.4. The first kappa shape index (κ1) is 15.2. The van der Waals surface area contributed by atoms with Gasteiger partial charge in [0.1, 0.15) is 0 Å². The number of carbonyl (C=O) groups is 1. The van der Waals surface area contributed by atoms with Crippen LogP contribution in [0.5, 0.6) is 0 Å². The van der Waals surface area contributed by atoms with Crippen molar-refractivity contribution in [1.29, 1.82) is 0 Å². The van der Waals surface area contributed by atoms with E-state index < -0.39 is 0 Å². The van der Waals surface area contributed by atoms with Crippen molar-refractivity contribution in [2.24, 2.45) is 0 Å². The van der Waals surface area contributed by atoms with E-state index in [-0.39, 0.29) is 27.2 Å². The van der Waals surface area contributed by atoms with Gasteiger partial charge >= 0.3 is 105 Å². The first-order valence-corrected chi connectivity index (χ1v) is 9.05. The number of esters is 1. The zero-order valence-electron chi connectivity index (χ0n) is 10.1. The minimum absolute atomic E-state index is 0.0261. The van der Waals surface area contributed by atoms with Gasteiger partial charge in [0, 0.05) is 0 Å². The number of ether oxygens (including phenoxy) is 1. The summed E-state index contributed by atoms with van der Waals surface area (Å²) in [6.45, 7) is 4.99. The Hall–Kier alpha value is 0.200. The molecule has 2 nitrogen and oxygen atoms in total. The Balaban J connectivity index is 3.06. The normalized spacial score (nSPS) is 10.5. The number of hydrogen-bond donors (Lipinski definition) is 0. The first-order chi connectivity index (χ1) is 7.31. The van der Waals surface area contributed by atoms with Crippen LogP contribution in [0.4, 0.5) is 0 Å². The Bertz CT molecular complexity index is 149. The molecule has 0 aromatic rings. The van der Waals surface area contributed by atoms with Crippen molar-refractivity contribution in [3.63, 3.8) is 0 Å². The number of carbonyl (C=O) groups excluding carboxylic acids is 1. The molecule has 0 N–H and O–H groups in total. The molecule has 0 saturated carbocycles. The van der Waals surface area contributed by atoms with Gasteiger partial charge < -0.3 is 0 Å². The summed E-state index contributed by atoms with van der Waals surface area (Å²) in [5.74, 6) is 0.0261. The molecule has 92 valence electrons. The van der Waals surface area contributed by atoms with Crippen LogP contribution in [-0.4, -0.2) is 21.4 Å². The summed E-state index contributed by atoms with van der Waals surface area (Å²) in [6, 6.07) is 0. The summed E-state index contributed by atoms with van der Waals surface area (Å²) in [4.78, 5) is 11.1. The molecule has 0 heterocycles. The van der Waals surface area contributed by atoms with Crippen molar-refractivity contribution >= 4 is 5.97 Å². The van der Waals surface area contributed by atoms with Gasteiger partial charge in [0.25, 0.3) is 0 Å². The molecule has 0 unspecified atom stereocenters. The van der Waals surface area contributed by atoms with Crippen LogP contribution >= 0.6 is 0 Å². The fraction of sp³-hybridized carbons (Fsp3) is 0.917. The van der Waals surface area contributed by atoms with Crippen molar-refractivity contribution < 1.29 is 30.7 Å². The molecule has 0 bridgehead atoms. The zero-order valence-corrected chi connectivity index (χ0v) is 12.2. The predicted molar refractivity (Wildman–Crippen MR) is 59.7 cm³/mol. The van der Waals surface area contributed by atoms with Gasteiger partial charge in [-0.3, -0.25) is 0 Å². The van der Waals surface area contributed by atoms with Gasteiger partial charge in [-0.25, -0.2) is 0 Å². The van der Waals surface area contributed by atoms with E-state index in [2.05, 4.69) is 13.8 Å². The van der Waals surface area contributed by atoms with Gasteiger partial charge in [-0.05, 0) is 0 Å². The Morgan fingerprint density at radius 1 is 1.07 bits per heavy atom. The molecular weight excluding hydrogens is 303 g/mol. The molecule has 0 aromatic carbocycles. The van der Waals surface area contributed by atoms with Crippen molar-refractivity contribution in [3.05, 3.63) is 0 Å². The van der Waals surface area contributed by atoms with Crippen molar-refractivity contribution in [2.45, 2.75) is 52.4 Å². The van der Waals surface area contributed by atoms with Gasteiger partial charge in [0.15, 0.2) is 0 Å². The summed E-state index contributed by atoms with van der Waals surface area (Å²) in [5, 5.41) is 0. The number of halogens is 1. The SMILES string of the molecule is CCCCCCCCOC(=O)C[I-]CC. The Kier molecular flexibility index (Phi) is 12.4. The first-order valence-electron chi connectivity index (χ1n) is 6.00. The average Bonchev–Trinajstić information content (AvgIpc) is 2.25. The number of rotatable bonds is 10. The second-order valence-electron chi connectivity index (χ2n) is 3.58. The molecular formula is C12H24IO2-. The topological polar surface area (TPSA) is 26.3 Å². The van der Waals surface area contributed by atoms with E-state index in [4.69, 9.17) is 4.74 Å². The average molecular weight is 327 g/mol. The van der Waals surface area contributed by atoms with E-state index in [1.807, 2.05) is 0 Å². The molecule has 0 spiro atoms. The summed E-state index contributed by atoms with van der Waals surface area (Å²) in [5.41, 5.74) is 0. The van der Waals surface area contributed by atoms with Crippen LogP contribution in [-0.2, 0) is 9.53 Å². The van der Waals surface area contributed by atoms with Crippen LogP contribution in [0.2, 0.25) is 0 Å². The van der Waals surface area contributed by atoms with E-state index in [1.54, 1.807) is 0 Å². The third-order valence-electron chi connectivity index (χ3n) is 2.15. The second-order valence-corrected chi connectivity index (χ2v) is 6.95. The molecule has 0 aromatic heterocycles. The molecule has 0 aliphatic rings. The number of hydrogen-bond acceptors (Lipinski definition) is 2. The fourth-order valence-electron chi connectivity index (χ4n) is 1.28. The van der Waals surface area contributed by atoms with E-state index in [0.29, 0.717) is 11.0 Å². The van der Waals surface area contributed by atoms with Crippen LogP contribution in [0.25, 0.3) is 0 Å². The monoisotopic (exact) mass is 327 g/mol. The summed E-state index contributed by atoms with van der Waals surface area (Å²) in [7, 11) is 0. The van der Waals surface area contributed by atoms with Crippen LogP contribution in [0, 0.1) is 0 Å². The molecule has 0 rings (SSSR count). The van der Waals surface area contributed by atoms with Gasteiger partial charge in [-0.1, -0.05) is 0 Å². The molecule has 0 atom stereocenters. The number of unbranched alkanes of at least 4 members (excludes halogenated alkanes) is 5. The quantitative estimate of drug-likeness (QED) is 0.244. The fourth-order valence-corrected chi connectivity index (χ4v) is 2.48. The molecule has 0 fully saturated rings. The van der Waals surface area contributed by atoms with E-state index in [9.17, 15) is 4.79 Å². The summed E-state index contributed by atoms with van der Waals surface area (Å²) in [6.07, 6.45) is 7.48. The van der Waals surface area contributed by atoms with Gasteiger partial charge in [0.05, 0.1) is 0 Å². The Morgan fingerprint density at radius 3 is 2.40 bits per heavy atom. The van der Waals surface area contributed by atoms with Crippen LogP contribution in [0.3, 0.4) is 0 Å². The van der Waals surface area contributed by atoms with Gasteiger partial charge in [-0.15, -0.1) is 0 Å². The standard InChI is InChI=1S/C12H24IO2/c1-3-5-6-7-8-9-10-15-12(14)11-13-4-2/h3-11H2,1-2H3/q-1. The molecule has 0 amide bonds. The van der Waals surface area contributed by atoms with E-state index >= 15 is 0 Å². The van der Waals surface area contributed by atoms with Crippen molar-refractivity contribution in [3.8, 4) is 0 Å². The van der Waals surface area contributed by atoms with Crippen LogP contribution in [0.15, 0.2) is 0 Å². The molecule has 0 saturated heterocycles. The Labute approximate surface area is 104 Å². The maximum atomic E-state index is 11.1. The summed E-state index contributed by atoms with van der Waals surface area (Å²) < 4.78 is 7.01. The van der Waals surface area contributed by atoms with Gasteiger partial charge in [0.2, 0.25) is 0 Å². The molecule has 3 heteroatoms. The van der Waals surface area contributed by atoms with Crippen LogP contribution in [0.1, 0.15) is 52.4 Å². The molecule has 0 aliphatic carbocycles. The predicted octanol–water partition coefficient (Wildman–Crippen LogP) is -0.001000. The van der Waals surface area contributed by atoms with Crippen molar-refractivity contribution in [1.82, 2.24) is 0 Å². The van der Waals surface area contributed by atoms with Gasteiger partial charge in [-0.2, -0.15) is 0 Å². The summed E-state index contributed by atoms with van der Waals surface area (Å²) >= 11 is 0.0787. The maximum absolute atomic E-state index is 11.1. The van der Waals surface area contributed by atoms with E-state index in [0.717, 1.165) is 6.42 Å². The third-order valence-corrected chi connectivity index (χ3v) is 4.39. The molecule has 0 radical (unpaired) electrons. The van der Waals surface area contributed by atoms with Crippen LogP contribution < -0.4 is 21.2 Å². The van der Waals surface area contributed by atoms with Crippen molar-refractivity contribution in [2.75, 3.05) is 15.5 Å². The minimum atomic E-state index is 0.0261. The number of alkyl halides is 2. The molecule has 0 aliphatic heterocycles. The Morgan fingerprint density at radius 2 is 1.73 bits per heavy atom. The molecule has 15 heavy (non-hydrogen) atoms.